The minimum absolute atomic E-state index is 0.0180. The average molecular weight is 1110 g/mol. The average Bonchev–Trinajstić information content (AvgIpc) is 3.69. The molecule has 4 aliphatic heterocycles. The summed E-state index contributed by atoms with van der Waals surface area (Å²) in [6.07, 6.45) is 3.49. The fourth-order valence-electron chi connectivity index (χ4n) is 10.8. The highest BCUT2D eigenvalue weighted by Gasteiger charge is 2.37. The molecule has 420 valence electrons. The molecule has 4 aliphatic rings. The predicted octanol–water partition coefficient (Wildman–Crippen LogP) is 9.33. The Balaban J connectivity index is 0.989. The second-order valence-electron chi connectivity index (χ2n) is 21.1. The van der Waals surface area contributed by atoms with Crippen LogP contribution >= 0.6 is 21.6 Å². The van der Waals surface area contributed by atoms with Crippen molar-refractivity contribution in [1.82, 2.24) is 15.2 Å². The molecule has 9 rings (SSSR count). The zero-order chi connectivity index (χ0) is 55.5. The third kappa shape index (κ3) is 14.3. The van der Waals surface area contributed by atoms with Crippen molar-refractivity contribution >= 4 is 62.6 Å². The molecule has 0 bridgehead atoms. The molecule has 0 saturated carbocycles. The van der Waals surface area contributed by atoms with E-state index >= 15 is 0 Å². The molecule has 5 aromatic rings. The van der Waals surface area contributed by atoms with Gasteiger partial charge in [-0.25, -0.2) is 5.43 Å². The number of methoxy groups -OCH3 is 2. The summed E-state index contributed by atoms with van der Waals surface area (Å²) in [6, 6.07) is 30.9. The highest BCUT2D eigenvalue weighted by atomic mass is 33.1. The summed E-state index contributed by atoms with van der Waals surface area (Å²) in [5, 5.41) is 7.49. The Kier molecular flexibility index (Phi) is 19.3. The molecule has 0 unspecified atom stereocenters. The fraction of sp³-hybridized carbons (Fsp3) is 0.443. The molecular weight excluding hydrogens is 1040 g/mol. The summed E-state index contributed by atoms with van der Waals surface area (Å²) in [5.41, 5.74) is 13.9. The van der Waals surface area contributed by atoms with Gasteiger partial charge in [0.1, 0.15) is 19.0 Å². The number of hydrogen-bond donors (Lipinski definition) is 2. The number of carbonyl (C=O) groups excluding carboxylic acids is 3. The van der Waals surface area contributed by atoms with E-state index in [0.29, 0.717) is 113 Å². The van der Waals surface area contributed by atoms with Gasteiger partial charge in [0.25, 0.3) is 11.8 Å². The summed E-state index contributed by atoms with van der Waals surface area (Å²) in [5.74, 6) is 2.18. The Morgan fingerprint density at radius 1 is 0.785 bits per heavy atom. The molecule has 0 saturated heterocycles. The number of carbonyl (C=O) groups is 3. The van der Waals surface area contributed by atoms with Crippen molar-refractivity contribution in [3.8, 4) is 17.2 Å². The van der Waals surface area contributed by atoms with Gasteiger partial charge in [0.2, 0.25) is 5.91 Å². The zero-order valence-electron chi connectivity index (χ0n) is 46.6. The Morgan fingerprint density at radius 3 is 2.10 bits per heavy atom. The quantitative estimate of drug-likeness (QED) is 0.0247. The molecule has 0 spiro atoms. The maximum atomic E-state index is 14.4. The first-order valence-corrected chi connectivity index (χ1v) is 29.5. The highest BCUT2D eigenvalue weighted by Crippen LogP contribution is 2.42. The number of hydrazone groups is 1. The number of amides is 3. The van der Waals surface area contributed by atoms with E-state index in [0.717, 1.165) is 46.6 Å². The second kappa shape index (κ2) is 26.7. The molecule has 18 heteroatoms. The highest BCUT2D eigenvalue weighted by molar-refractivity contribution is 8.77. The van der Waals surface area contributed by atoms with Gasteiger partial charge in [0.15, 0.2) is 11.5 Å². The SMILES string of the molecule is CC=NNC(=O)CCSSC(C)(C)CN(CCOCCOCCOC)c1cc(COc2cc3c(cc2C)C(=O)N2Cc4ccccc4C[C@H]2CN3)cc(COc2cc3c(cc2OC)C(=O)N2Cc4ccccc4C[C@H]2CN3C)c1. The van der Waals surface area contributed by atoms with Crippen molar-refractivity contribution in [1.29, 1.82) is 0 Å². The molecule has 3 amide bonds. The van der Waals surface area contributed by atoms with E-state index in [1.807, 2.05) is 60.2 Å². The van der Waals surface area contributed by atoms with Crippen molar-refractivity contribution in [2.75, 3.05) is 101 Å². The molecule has 2 atom stereocenters. The molecule has 79 heavy (non-hydrogen) atoms. The Labute approximate surface area is 473 Å². The number of aryl methyl sites for hydroxylation is 1. The normalized spacial score (nSPS) is 16.6. The summed E-state index contributed by atoms with van der Waals surface area (Å²) >= 11 is 0. The van der Waals surface area contributed by atoms with Crippen molar-refractivity contribution in [2.45, 2.75) is 90.1 Å². The topological polar surface area (TPSA) is 156 Å². The lowest BCUT2D eigenvalue weighted by Gasteiger charge is -2.36. The fourth-order valence-corrected chi connectivity index (χ4v) is 13.3. The molecular formula is C61H75N7O9S2. The van der Waals surface area contributed by atoms with Crippen molar-refractivity contribution in [3.05, 3.63) is 141 Å². The van der Waals surface area contributed by atoms with E-state index in [4.69, 9.17) is 28.4 Å². The van der Waals surface area contributed by atoms with Crippen molar-refractivity contribution in [3.63, 3.8) is 0 Å². The maximum Gasteiger partial charge on any atom is 0.256 e. The van der Waals surface area contributed by atoms with Crippen LogP contribution in [0, 0.1) is 6.92 Å². The van der Waals surface area contributed by atoms with E-state index in [-0.39, 0.29) is 47.8 Å². The minimum Gasteiger partial charge on any atom is -0.493 e. The lowest BCUT2D eigenvalue weighted by molar-refractivity contribution is -0.120. The number of likely N-dealkylation sites (N-methyl/N-ethyl adjacent to an activating group) is 1. The van der Waals surface area contributed by atoms with Gasteiger partial charge in [0.05, 0.1) is 74.7 Å². The van der Waals surface area contributed by atoms with Gasteiger partial charge in [0, 0.05) is 94.4 Å². The first kappa shape index (κ1) is 57.3. The van der Waals surface area contributed by atoms with Gasteiger partial charge in [-0.15, -0.1) is 0 Å². The van der Waals surface area contributed by atoms with E-state index in [1.165, 1.54) is 22.3 Å². The van der Waals surface area contributed by atoms with Crippen LogP contribution in [-0.4, -0.2) is 137 Å². The maximum absolute atomic E-state index is 14.4. The van der Waals surface area contributed by atoms with Crippen LogP contribution in [0.25, 0.3) is 0 Å². The molecule has 16 nitrogen and oxygen atoms in total. The Bertz CT molecular complexity index is 2990. The number of rotatable bonds is 25. The van der Waals surface area contributed by atoms with E-state index in [9.17, 15) is 14.4 Å². The number of anilines is 3. The number of fused-ring (bicyclic) bond motifs is 6. The van der Waals surface area contributed by atoms with Gasteiger partial charge in [-0.1, -0.05) is 70.1 Å². The lowest BCUT2D eigenvalue weighted by atomic mass is 9.93. The summed E-state index contributed by atoms with van der Waals surface area (Å²) in [4.78, 5) is 49.5. The third-order valence-electron chi connectivity index (χ3n) is 14.8. The molecule has 5 aromatic carbocycles. The van der Waals surface area contributed by atoms with Gasteiger partial charge in [-0.3, -0.25) is 14.4 Å². The summed E-state index contributed by atoms with van der Waals surface area (Å²) in [7, 11) is 8.70. The molecule has 0 aliphatic carbocycles. The van der Waals surface area contributed by atoms with Crippen LogP contribution in [0.15, 0.2) is 96.1 Å². The van der Waals surface area contributed by atoms with E-state index in [1.54, 1.807) is 48.9 Å². The molecule has 0 aromatic heterocycles. The van der Waals surface area contributed by atoms with Crippen LogP contribution in [0.4, 0.5) is 17.1 Å². The monoisotopic (exact) mass is 1110 g/mol. The number of nitrogens with one attached hydrogen (secondary N) is 2. The number of hydrogen-bond acceptors (Lipinski definition) is 15. The first-order valence-electron chi connectivity index (χ1n) is 27.2. The van der Waals surface area contributed by atoms with Gasteiger partial charge >= 0.3 is 0 Å². The first-order chi connectivity index (χ1) is 38.3. The smallest absolute Gasteiger partial charge is 0.256 e. The predicted molar refractivity (Wildman–Crippen MR) is 315 cm³/mol. The van der Waals surface area contributed by atoms with Crippen molar-refractivity contribution < 1.29 is 42.8 Å². The van der Waals surface area contributed by atoms with Crippen LogP contribution in [0.1, 0.15) is 86.9 Å². The number of ether oxygens (including phenoxy) is 6. The van der Waals surface area contributed by atoms with Crippen LogP contribution < -0.4 is 34.8 Å². The number of nitrogens with zero attached hydrogens (tertiary/aromatic N) is 5. The summed E-state index contributed by atoms with van der Waals surface area (Å²) < 4.78 is 36.3. The minimum atomic E-state index is -0.273. The molecule has 4 heterocycles. The van der Waals surface area contributed by atoms with Crippen molar-refractivity contribution in [2.24, 2.45) is 5.10 Å². The van der Waals surface area contributed by atoms with Crippen LogP contribution in [0.5, 0.6) is 17.2 Å². The molecule has 0 fully saturated rings. The Morgan fingerprint density at radius 2 is 1.42 bits per heavy atom. The van der Waals surface area contributed by atoms with Gasteiger partial charge < -0.3 is 53.3 Å². The van der Waals surface area contributed by atoms with Crippen LogP contribution in [0.3, 0.4) is 0 Å². The summed E-state index contributed by atoms with van der Waals surface area (Å²) in [6.45, 7) is 14.6. The van der Waals surface area contributed by atoms with Crippen LogP contribution in [0.2, 0.25) is 0 Å². The standard InChI is InChI=1S/C61H75N7O9S2/c1-8-63-64-58(69)17-24-78-79-61(3,4)40-66(18-19-74-22-23-75-21-20-72-6)48-27-42(38-76-55-32-53-51(25-41(55)2)59(70)67-35-46-15-11-9-13-44(46)29-49(67)34-62-53)26-43(28-48)39-77-57-33-54-52(31-56(57)73-7)60(71)68-36-47-16-12-10-14-45(47)30-50(68)37-65(54)5/h8-16,25-28,31-33,49-50,62H,17-24,29-30,34-40H2,1-7H3,(H,64,69)/t49-,50-/m0/s1. The van der Waals surface area contributed by atoms with E-state index in [2.05, 4.69) is 94.1 Å². The van der Waals surface area contributed by atoms with Crippen LogP contribution in [-0.2, 0) is 58.2 Å². The Hall–Kier alpha value is -6.44. The number of benzene rings is 5. The lowest BCUT2D eigenvalue weighted by Crippen LogP contribution is -2.47. The largest absolute Gasteiger partial charge is 0.493 e. The van der Waals surface area contributed by atoms with Gasteiger partial charge in [-0.2, -0.15) is 5.10 Å². The molecule has 0 radical (unpaired) electrons. The zero-order valence-corrected chi connectivity index (χ0v) is 48.3. The second-order valence-corrected chi connectivity index (χ2v) is 24.2. The van der Waals surface area contributed by atoms with E-state index < -0.39 is 0 Å². The van der Waals surface area contributed by atoms with Gasteiger partial charge in [-0.05, 0) is 110 Å². The molecule has 2 N–H and O–H groups in total. The third-order valence-corrected chi connectivity index (χ3v) is 18.1.